The van der Waals surface area contributed by atoms with E-state index in [0.717, 1.165) is 44.0 Å². The zero-order valence-corrected chi connectivity index (χ0v) is 15.8. The molecule has 0 unspecified atom stereocenters. The number of rotatable bonds is 9. The average Bonchev–Trinajstić information content (AvgIpc) is 2.54. The number of aliphatic imine (C=N–C) groups is 1. The number of aryl methyl sites for hydroxylation is 1. The fourth-order valence-electron chi connectivity index (χ4n) is 2.20. The third-order valence-corrected chi connectivity index (χ3v) is 4.11. The Balaban J connectivity index is 2.41. The molecule has 136 valence electrons. The van der Waals surface area contributed by atoms with Crippen molar-refractivity contribution >= 4 is 5.96 Å². The van der Waals surface area contributed by atoms with E-state index in [0.29, 0.717) is 18.2 Å². The molecule has 0 saturated heterocycles. The van der Waals surface area contributed by atoms with Gasteiger partial charge < -0.3 is 15.5 Å². The molecule has 0 aromatic heterocycles. The predicted molar refractivity (Wildman–Crippen MR) is 101 cm³/mol. The van der Waals surface area contributed by atoms with E-state index >= 15 is 0 Å². The van der Waals surface area contributed by atoms with E-state index in [1.54, 1.807) is 19.1 Å². The standard InChI is InChI=1S/C19H33FN4/c1-6-21-19(22-11-7-8-12-24(5)15(2)3)23-14-17-10-9-16(4)18(20)13-17/h9-10,13,15H,6-8,11-12,14H2,1-5H3,(H2,21,22,23). The van der Waals surface area contributed by atoms with Gasteiger partial charge in [0.25, 0.3) is 0 Å². The summed E-state index contributed by atoms with van der Waals surface area (Å²) in [4.78, 5) is 6.89. The topological polar surface area (TPSA) is 39.7 Å². The lowest BCUT2D eigenvalue weighted by molar-refractivity contribution is 0.268. The van der Waals surface area contributed by atoms with Crippen molar-refractivity contribution in [3.63, 3.8) is 0 Å². The van der Waals surface area contributed by atoms with E-state index in [1.807, 2.05) is 13.0 Å². The van der Waals surface area contributed by atoms with E-state index in [9.17, 15) is 4.39 Å². The lowest BCUT2D eigenvalue weighted by Gasteiger charge is -2.20. The molecule has 0 atom stereocenters. The summed E-state index contributed by atoms with van der Waals surface area (Å²) in [5.74, 6) is 0.616. The van der Waals surface area contributed by atoms with Crippen LogP contribution in [0.4, 0.5) is 4.39 Å². The van der Waals surface area contributed by atoms with Gasteiger partial charge in [-0.05, 0) is 71.3 Å². The minimum atomic E-state index is -0.171. The highest BCUT2D eigenvalue weighted by molar-refractivity contribution is 5.79. The fraction of sp³-hybridized carbons (Fsp3) is 0.632. The lowest BCUT2D eigenvalue weighted by Crippen LogP contribution is -2.38. The second-order valence-electron chi connectivity index (χ2n) is 6.49. The number of guanidine groups is 1. The minimum Gasteiger partial charge on any atom is -0.357 e. The molecular weight excluding hydrogens is 303 g/mol. The highest BCUT2D eigenvalue weighted by atomic mass is 19.1. The zero-order valence-electron chi connectivity index (χ0n) is 15.8. The minimum absolute atomic E-state index is 0.171. The van der Waals surface area contributed by atoms with Crippen LogP contribution in [0.1, 0.15) is 44.7 Å². The maximum absolute atomic E-state index is 13.6. The molecular formula is C19H33FN4. The van der Waals surface area contributed by atoms with E-state index in [1.165, 1.54) is 0 Å². The Hall–Kier alpha value is -1.62. The number of benzene rings is 1. The maximum Gasteiger partial charge on any atom is 0.191 e. The summed E-state index contributed by atoms with van der Waals surface area (Å²) in [6.45, 7) is 11.5. The molecule has 4 nitrogen and oxygen atoms in total. The Kier molecular flexibility index (Phi) is 9.38. The first-order valence-electron chi connectivity index (χ1n) is 8.91. The van der Waals surface area contributed by atoms with Crippen LogP contribution in [0.2, 0.25) is 0 Å². The van der Waals surface area contributed by atoms with Crippen LogP contribution in [-0.4, -0.2) is 43.6 Å². The molecule has 1 aromatic carbocycles. The van der Waals surface area contributed by atoms with Crippen LogP contribution in [0.15, 0.2) is 23.2 Å². The van der Waals surface area contributed by atoms with Gasteiger partial charge in [-0.2, -0.15) is 0 Å². The number of hydrogen-bond donors (Lipinski definition) is 2. The fourth-order valence-corrected chi connectivity index (χ4v) is 2.20. The van der Waals surface area contributed by atoms with Gasteiger partial charge in [-0.1, -0.05) is 12.1 Å². The van der Waals surface area contributed by atoms with Crippen LogP contribution < -0.4 is 10.6 Å². The number of nitrogens with one attached hydrogen (secondary N) is 2. The molecule has 0 radical (unpaired) electrons. The van der Waals surface area contributed by atoms with Gasteiger partial charge >= 0.3 is 0 Å². The summed E-state index contributed by atoms with van der Waals surface area (Å²) in [5.41, 5.74) is 1.55. The zero-order chi connectivity index (χ0) is 17.9. The second-order valence-corrected chi connectivity index (χ2v) is 6.49. The van der Waals surface area contributed by atoms with Crippen LogP contribution >= 0.6 is 0 Å². The molecule has 0 heterocycles. The Bertz CT molecular complexity index is 514. The van der Waals surface area contributed by atoms with Crippen molar-refractivity contribution in [1.29, 1.82) is 0 Å². The Morgan fingerprint density at radius 3 is 2.62 bits per heavy atom. The first-order chi connectivity index (χ1) is 11.4. The van der Waals surface area contributed by atoms with Gasteiger partial charge in [-0.15, -0.1) is 0 Å². The first kappa shape index (κ1) is 20.4. The summed E-state index contributed by atoms with van der Waals surface area (Å²) < 4.78 is 13.6. The summed E-state index contributed by atoms with van der Waals surface area (Å²) in [6, 6.07) is 5.87. The molecule has 2 N–H and O–H groups in total. The van der Waals surface area contributed by atoms with Gasteiger partial charge in [0.2, 0.25) is 0 Å². The molecule has 0 fully saturated rings. The Morgan fingerprint density at radius 2 is 2.00 bits per heavy atom. The van der Waals surface area contributed by atoms with E-state index in [2.05, 4.69) is 41.4 Å². The van der Waals surface area contributed by atoms with E-state index < -0.39 is 0 Å². The molecule has 0 saturated carbocycles. The molecule has 0 spiro atoms. The molecule has 1 rings (SSSR count). The van der Waals surface area contributed by atoms with Crippen molar-refractivity contribution < 1.29 is 4.39 Å². The summed E-state index contributed by atoms with van der Waals surface area (Å²) >= 11 is 0. The van der Waals surface area contributed by atoms with Gasteiger partial charge in [-0.3, -0.25) is 0 Å². The van der Waals surface area contributed by atoms with Crippen LogP contribution in [0.25, 0.3) is 0 Å². The van der Waals surface area contributed by atoms with Gasteiger partial charge in [0.1, 0.15) is 5.82 Å². The molecule has 0 aliphatic heterocycles. The summed E-state index contributed by atoms with van der Waals surface area (Å²) in [6.07, 6.45) is 2.25. The second kappa shape index (κ2) is 11.0. The van der Waals surface area contributed by atoms with E-state index in [4.69, 9.17) is 0 Å². The summed E-state index contributed by atoms with van der Waals surface area (Å²) in [7, 11) is 2.16. The van der Waals surface area contributed by atoms with Gasteiger partial charge in [0.15, 0.2) is 5.96 Å². The van der Waals surface area contributed by atoms with Crippen molar-refractivity contribution in [2.75, 3.05) is 26.7 Å². The SMILES string of the molecule is CCNC(=NCc1ccc(C)c(F)c1)NCCCCN(C)C(C)C. The van der Waals surface area contributed by atoms with Gasteiger partial charge in [-0.25, -0.2) is 9.38 Å². The monoisotopic (exact) mass is 336 g/mol. The lowest BCUT2D eigenvalue weighted by atomic mass is 10.1. The Morgan fingerprint density at radius 1 is 1.25 bits per heavy atom. The quantitative estimate of drug-likeness (QED) is 0.413. The molecule has 0 aliphatic carbocycles. The normalized spacial score (nSPS) is 12.1. The molecule has 1 aromatic rings. The number of halogens is 1. The third kappa shape index (κ3) is 7.77. The number of unbranched alkanes of at least 4 members (excludes halogenated alkanes) is 1. The molecule has 0 aliphatic rings. The van der Waals surface area contributed by atoms with Crippen LogP contribution in [0, 0.1) is 12.7 Å². The van der Waals surface area contributed by atoms with Crippen LogP contribution in [0.5, 0.6) is 0 Å². The van der Waals surface area contributed by atoms with Crippen molar-refractivity contribution in [3.8, 4) is 0 Å². The highest BCUT2D eigenvalue weighted by Crippen LogP contribution is 2.09. The molecule has 0 bridgehead atoms. The van der Waals surface area contributed by atoms with Crippen molar-refractivity contribution in [2.45, 2.75) is 53.1 Å². The summed E-state index contributed by atoms with van der Waals surface area (Å²) in [5, 5.41) is 6.58. The smallest absolute Gasteiger partial charge is 0.191 e. The molecule has 24 heavy (non-hydrogen) atoms. The largest absolute Gasteiger partial charge is 0.357 e. The highest BCUT2D eigenvalue weighted by Gasteiger charge is 2.03. The first-order valence-corrected chi connectivity index (χ1v) is 8.91. The van der Waals surface area contributed by atoms with Crippen LogP contribution in [-0.2, 0) is 6.54 Å². The predicted octanol–water partition coefficient (Wildman–Crippen LogP) is 3.31. The Labute approximate surface area is 146 Å². The van der Waals surface area contributed by atoms with Crippen molar-refractivity contribution in [2.24, 2.45) is 4.99 Å². The average molecular weight is 336 g/mol. The van der Waals surface area contributed by atoms with E-state index in [-0.39, 0.29) is 5.82 Å². The molecule has 0 amide bonds. The number of hydrogen-bond acceptors (Lipinski definition) is 2. The van der Waals surface area contributed by atoms with Crippen LogP contribution in [0.3, 0.4) is 0 Å². The van der Waals surface area contributed by atoms with Crippen molar-refractivity contribution in [3.05, 3.63) is 35.1 Å². The van der Waals surface area contributed by atoms with Gasteiger partial charge in [0, 0.05) is 19.1 Å². The maximum atomic E-state index is 13.6. The molecule has 5 heteroatoms. The van der Waals surface area contributed by atoms with Crippen molar-refractivity contribution in [1.82, 2.24) is 15.5 Å². The third-order valence-electron chi connectivity index (χ3n) is 4.11. The number of nitrogens with zero attached hydrogens (tertiary/aromatic N) is 2. The van der Waals surface area contributed by atoms with Gasteiger partial charge in [0.05, 0.1) is 6.54 Å².